The lowest BCUT2D eigenvalue weighted by molar-refractivity contribution is -0.147. The number of thiophene rings is 1. The molecule has 0 radical (unpaired) electrons. The molecule has 3 aliphatic rings. The zero-order valence-electron chi connectivity index (χ0n) is 24.2. The van der Waals surface area contributed by atoms with Gasteiger partial charge >= 0.3 is 7.60 Å². The van der Waals surface area contributed by atoms with Gasteiger partial charge in [0, 0.05) is 36.2 Å². The van der Waals surface area contributed by atoms with Crippen LogP contribution in [-0.4, -0.2) is 73.5 Å². The number of alkyl halides is 1. The highest BCUT2D eigenvalue weighted by Crippen LogP contribution is 2.53. The molecule has 2 aromatic heterocycles. The molecule has 10 nitrogen and oxygen atoms in total. The fraction of sp³-hybridized carbons (Fsp3) is 0.484. The zero-order valence-corrected chi connectivity index (χ0v) is 25.9. The Bertz CT molecular complexity index is 1590. The highest BCUT2D eigenvalue weighted by Gasteiger charge is 2.45. The molecule has 44 heavy (non-hydrogen) atoms. The summed E-state index contributed by atoms with van der Waals surface area (Å²) in [5.41, 5.74) is 1.02. The number of rotatable bonds is 6. The van der Waals surface area contributed by atoms with Crippen molar-refractivity contribution in [2.75, 3.05) is 13.1 Å². The van der Waals surface area contributed by atoms with Crippen LogP contribution in [-0.2, 0) is 14.2 Å². The number of halogens is 1. The summed E-state index contributed by atoms with van der Waals surface area (Å²) in [7, 11) is -4.97. The largest absolute Gasteiger partial charge is 0.363 e. The second-order valence-corrected chi connectivity index (χ2v) is 14.7. The molecule has 3 saturated heterocycles. The second-order valence-electron chi connectivity index (χ2n) is 12.0. The molecule has 13 heteroatoms. The van der Waals surface area contributed by atoms with Gasteiger partial charge < -0.3 is 24.9 Å². The highest BCUT2D eigenvalue weighted by molar-refractivity contribution is 7.51. The molecule has 1 unspecified atom stereocenters. The van der Waals surface area contributed by atoms with E-state index in [1.807, 2.05) is 17.2 Å². The minimum Gasteiger partial charge on any atom is -0.341 e. The first kappa shape index (κ1) is 30.8. The third kappa shape index (κ3) is 6.31. The van der Waals surface area contributed by atoms with E-state index in [2.05, 4.69) is 16.4 Å². The van der Waals surface area contributed by atoms with Gasteiger partial charge in [-0.2, -0.15) is 0 Å². The summed E-state index contributed by atoms with van der Waals surface area (Å²) >= 11 is 1.16. The number of hydrogen-bond donors (Lipinski definition) is 3. The number of carbonyl (C=O) groups is 3. The van der Waals surface area contributed by atoms with E-state index >= 15 is 0 Å². The quantitative estimate of drug-likeness (QED) is 0.326. The third-order valence-electron chi connectivity index (χ3n) is 9.22. The molecule has 3 aromatic rings. The van der Waals surface area contributed by atoms with E-state index in [1.165, 1.54) is 23.8 Å². The molecular formula is C31H36FN4O6PS. The van der Waals surface area contributed by atoms with Crippen molar-refractivity contribution in [3.63, 3.8) is 0 Å². The Morgan fingerprint density at radius 3 is 2.55 bits per heavy atom. The van der Waals surface area contributed by atoms with Crippen molar-refractivity contribution < 1.29 is 33.1 Å². The Balaban J connectivity index is 1.14. The molecule has 0 aliphatic carbocycles. The topological polar surface area (TPSA) is 140 Å². The molecule has 3 amide bonds. The first-order valence-electron chi connectivity index (χ1n) is 15.1. The maximum atomic E-state index is 14.3. The number of benzene rings is 1. The lowest BCUT2D eigenvalue weighted by atomic mass is 9.90. The molecule has 0 saturated carbocycles. The smallest absolute Gasteiger partial charge is 0.341 e. The fourth-order valence-electron chi connectivity index (χ4n) is 6.91. The van der Waals surface area contributed by atoms with Crippen LogP contribution in [0.5, 0.6) is 0 Å². The predicted molar refractivity (Wildman–Crippen MR) is 164 cm³/mol. The molecule has 3 aliphatic heterocycles. The SMILES string of the molecule is O=C(N[C@H]1CCCC[C@H]2CC[C@@H](C(=O)N3CCC(c4cccnc4)CC3)N2C1=O)c1cc2cc(C(F)P(=O)(O)O)ccc2s1. The number of pyridine rings is 1. The van der Waals surface area contributed by atoms with Crippen LogP contribution in [0.1, 0.15) is 84.0 Å². The van der Waals surface area contributed by atoms with Crippen LogP contribution in [0.4, 0.5) is 4.39 Å². The van der Waals surface area contributed by atoms with Gasteiger partial charge in [0.15, 0.2) is 0 Å². The van der Waals surface area contributed by atoms with Gasteiger partial charge in [-0.25, -0.2) is 4.39 Å². The van der Waals surface area contributed by atoms with Crippen LogP contribution in [0.3, 0.4) is 0 Å². The van der Waals surface area contributed by atoms with Gasteiger partial charge in [0.1, 0.15) is 12.1 Å². The van der Waals surface area contributed by atoms with Crippen molar-refractivity contribution in [1.29, 1.82) is 0 Å². The van der Waals surface area contributed by atoms with Crippen LogP contribution < -0.4 is 5.32 Å². The minimum absolute atomic E-state index is 0.0158. The molecule has 0 bridgehead atoms. The van der Waals surface area contributed by atoms with Gasteiger partial charge in [-0.3, -0.25) is 23.9 Å². The van der Waals surface area contributed by atoms with Crippen molar-refractivity contribution >= 4 is 46.7 Å². The number of carbonyl (C=O) groups excluding carboxylic acids is 3. The van der Waals surface area contributed by atoms with Gasteiger partial charge in [-0.1, -0.05) is 25.0 Å². The maximum Gasteiger partial charge on any atom is 0.363 e. The average molecular weight is 643 g/mol. The second kappa shape index (κ2) is 12.7. The molecule has 6 rings (SSSR count). The van der Waals surface area contributed by atoms with Gasteiger partial charge in [0.05, 0.1) is 4.88 Å². The maximum absolute atomic E-state index is 14.3. The summed E-state index contributed by atoms with van der Waals surface area (Å²) in [4.78, 5) is 67.7. The Morgan fingerprint density at radius 1 is 1.05 bits per heavy atom. The van der Waals surface area contributed by atoms with Crippen molar-refractivity contribution in [3.8, 4) is 0 Å². The lowest BCUT2D eigenvalue weighted by Gasteiger charge is -2.39. The van der Waals surface area contributed by atoms with Crippen LogP contribution in [0.2, 0.25) is 0 Å². The predicted octanol–water partition coefficient (Wildman–Crippen LogP) is 4.88. The van der Waals surface area contributed by atoms with Gasteiger partial charge in [-0.15, -0.1) is 11.3 Å². The number of aromatic nitrogens is 1. The summed E-state index contributed by atoms with van der Waals surface area (Å²) < 4.78 is 26.3. The average Bonchev–Trinajstić information content (AvgIpc) is 3.64. The first-order valence-corrected chi connectivity index (χ1v) is 17.6. The van der Waals surface area contributed by atoms with E-state index in [9.17, 15) is 33.1 Å². The standard InChI is InChI=1S/C31H36FN4O6PS/c32-28(43(40,41)42)20-7-10-26-22(16-20)17-27(44-26)29(37)34-24-6-2-1-5-23-8-9-25(36(23)30(24)38)31(39)35-14-11-19(12-15-35)21-4-3-13-33-18-21/h3-4,7,10,13,16-19,23-25,28H,1-2,5-6,8-9,11-12,14-15H2,(H,34,37)(H2,40,41,42)/t23-,24-,25-,28?/m0/s1. The molecule has 3 N–H and O–H groups in total. The lowest BCUT2D eigenvalue weighted by Crippen LogP contribution is -2.57. The summed E-state index contributed by atoms with van der Waals surface area (Å²) in [6.45, 7) is 1.26. The van der Waals surface area contributed by atoms with Crippen molar-refractivity contribution in [3.05, 3.63) is 64.8 Å². The molecule has 3 fully saturated rings. The van der Waals surface area contributed by atoms with E-state index < -0.39 is 31.5 Å². The van der Waals surface area contributed by atoms with E-state index in [-0.39, 0.29) is 23.4 Å². The summed E-state index contributed by atoms with van der Waals surface area (Å²) in [6.07, 6.45) is 9.69. The molecule has 1 aromatic carbocycles. The molecule has 4 atom stereocenters. The number of likely N-dealkylation sites (tertiary alicyclic amines) is 1. The van der Waals surface area contributed by atoms with Crippen LogP contribution >= 0.6 is 18.9 Å². The summed E-state index contributed by atoms with van der Waals surface area (Å²) in [6, 6.07) is 8.36. The molecule has 234 valence electrons. The van der Waals surface area contributed by atoms with Gasteiger partial charge in [0.25, 0.3) is 5.91 Å². The number of amides is 3. The van der Waals surface area contributed by atoms with Crippen LogP contribution in [0.25, 0.3) is 10.1 Å². The summed E-state index contributed by atoms with van der Waals surface area (Å²) in [5, 5.41) is 3.38. The van der Waals surface area contributed by atoms with Crippen molar-refractivity contribution in [2.45, 2.75) is 81.3 Å². The third-order valence-corrected chi connectivity index (χ3v) is 11.2. The van der Waals surface area contributed by atoms with Crippen LogP contribution in [0.15, 0.2) is 48.8 Å². The first-order chi connectivity index (χ1) is 21.1. The zero-order chi connectivity index (χ0) is 31.0. The number of nitrogens with zero attached hydrogens (tertiary/aromatic N) is 3. The van der Waals surface area contributed by atoms with E-state index in [4.69, 9.17) is 0 Å². The minimum atomic E-state index is -4.97. The van der Waals surface area contributed by atoms with Gasteiger partial charge in [0.2, 0.25) is 17.7 Å². The number of nitrogens with one attached hydrogen (secondary N) is 1. The summed E-state index contributed by atoms with van der Waals surface area (Å²) in [5.74, 6) is -2.79. The Morgan fingerprint density at radius 2 is 1.82 bits per heavy atom. The Kier molecular flexibility index (Phi) is 8.88. The van der Waals surface area contributed by atoms with Crippen molar-refractivity contribution in [2.24, 2.45) is 0 Å². The van der Waals surface area contributed by atoms with Gasteiger partial charge in [-0.05, 0) is 85.2 Å². The normalized spacial score (nSPS) is 24.1. The fourth-order valence-corrected chi connectivity index (χ4v) is 8.41. The number of hydrogen-bond acceptors (Lipinski definition) is 6. The molecule has 5 heterocycles. The van der Waals surface area contributed by atoms with E-state index in [0.29, 0.717) is 46.8 Å². The molecular weight excluding hydrogens is 606 g/mol. The Labute approximate surface area is 258 Å². The highest BCUT2D eigenvalue weighted by atomic mass is 32.1. The van der Waals surface area contributed by atoms with E-state index in [1.54, 1.807) is 17.2 Å². The number of piperidine rings is 1. The molecule has 0 spiro atoms. The van der Waals surface area contributed by atoms with E-state index in [0.717, 1.165) is 49.9 Å². The Hall–Kier alpha value is -3.18. The van der Waals surface area contributed by atoms with Crippen molar-refractivity contribution in [1.82, 2.24) is 20.1 Å². The van der Waals surface area contributed by atoms with Crippen LogP contribution in [0, 0.1) is 0 Å². The monoisotopic (exact) mass is 642 g/mol. The number of fused-ring (bicyclic) bond motifs is 2.